The molecule has 0 aromatic heterocycles. The van der Waals surface area contributed by atoms with E-state index < -0.39 is 4.92 Å². The Bertz CT molecular complexity index is 849. The third kappa shape index (κ3) is 3.85. The number of morpholine rings is 1. The lowest BCUT2D eigenvalue weighted by Crippen LogP contribution is -2.38. The van der Waals surface area contributed by atoms with Crippen LogP contribution in [-0.4, -0.2) is 51.3 Å². The number of amides is 1. The summed E-state index contributed by atoms with van der Waals surface area (Å²) < 4.78 is 10.7. The van der Waals surface area contributed by atoms with E-state index >= 15 is 0 Å². The van der Waals surface area contributed by atoms with Crippen LogP contribution in [0.4, 0.5) is 17.1 Å². The molecule has 0 bridgehead atoms. The highest BCUT2D eigenvalue weighted by Crippen LogP contribution is 2.32. The zero-order valence-electron chi connectivity index (χ0n) is 15.3. The van der Waals surface area contributed by atoms with Crippen LogP contribution in [0.25, 0.3) is 0 Å². The number of hydrogen-bond donors (Lipinski definition) is 0. The summed E-state index contributed by atoms with van der Waals surface area (Å²) in [5, 5.41) is 11.2. The molecule has 0 spiro atoms. The Morgan fingerprint density at radius 2 is 1.93 bits per heavy atom. The summed E-state index contributed by atoms with van der Waals surface area (Å²) >= 11 is 0. The zero-order valence-corrected chi connectivity index (χ0v) is 15.3. The molecule has 1 fully saturated rings. The number of carbonyl (C=O) groups excluding carboxylic acids is 1. The van der Waals surface area contributed by atoms with E-state index in [-0.39, 0.29) is 17.2 Å². The van der Waals surface area contributed by atoms with Crippen molar-refractivity contribution in [2.45, 2.75) is 0 Å². The summed E-state index contributed by atoms with van der Waals surface area (Å²) in [5.74, 6) is 0.205. The van der Waals surface area contributed by atoms with Crippen molar-refractivity contribution < 1.29 is 19.2 Å². The number of carbonyl (C=O) groups is 1. The molecule has 2 aromatic rings. The van der Waals surface area contributed by atoms with Crippen LogP contribution in [0, 0.1) is 10.1 Å². The number of para-hydroxylation sites is 2. The fourth-order valence-electron chi connectivity index (χ4n) is 3.09. The SMILES string of the molecule is COc1ccccc1N(C)C(=O)c1cc([N+](=O)[O-])ccc1N1CCOCC1. The zero-order chi connectivity index (χ0) is 19.4. The van der Waals surface area contributed by atoms with Gasteiger partial charge in [-0.1, -0.05) is 12.1 Å². The van der Waals surface area contributed by atoms with Gasteiger partial charge in [0.05, 0.1) is 42.2 Å². The van der Waals surface area contributed by atoms with Gasteiger partial charge in [-0.25, -0.2) is 0 Å². The number of hydrogen-bond acceptors (Lipinski definition) is 6. The largest absolute Gasteiger partial charge is 0.495 e. The number of nitrogens with zero attached hydrogens (tertiary/aromatic N) is 3. The lowest BCUT2D eigenvalue weighted by molar-refractivity contribution is -0.384. The van der Waals surface area contributed by atoms with Gasteiger partial charge in [-0.2, -0.15) is 0 Å². The molecule has 0 N–H and O–H groups in total. The molecule has 0 saturated carbocycles. The Balaban J connectivity index is 2.03. The number of benzene rings is 2. The van der Waals surface area contributed by atoms with Crippen LogP contribution in [-0.2, 0) is 4.74 Å². The van der Waals surface area contributed by atoms with Gasteiger partial charge >= 0.3 is 0 Å². The Labute approximate surface area is 157 Å². The minimum absolute atomic E-state index is 0.121. The molecular weight excluding hydrogens is 350 g/mol. The predicted molar refractivity (Wildman–Crippen MR) is 102 cm³/mol. The molecule has 8 nitrogen and oxygen atoms in total. The molecule has 1 aliphatic rings. The number of methoxy groups -OCH3 is 1. The lowest BCUT2D eigenvalue weighted by atomic mass is 10.1. The van der Waals surface area contributed by atoms with Gasteiger partial charge < -0.3 is 19.3 Å². The number of non-ortho nitro benzene ring substituents is 1. The van der Waals surface area contributed by atoms with Crippen molar-refractivity contribution in [1.82, 2.24) is 0 Å². The predicted octanol–water partition coefficient (Wildman–Crippen LogP) is 2.72. The molecule has 142 valence electrons. The van der Waals surface area contributed by atoms with Crippen LogP contribution in [0.5, 0.6) is 5.75 Å². The molecule has 3 rings (SSSR count). The van der Waals surface area contributed by atoms with E-state index in [9.17, 15) is 14.9 Å². The van der Waals surface area contributed by atoms with Crippen LogP contribution < -0.4 is 14.5 Å². The van der Waals surface area contributed by atoms with Crippen molar-refractivity contribution in [2.75, 3.05) is 50.3 Å². The molecule has 1 aliphatic heterocycles. The van der Waals surface area contributed by atoms with Crippen LogP contribution in [0.1, 0.15) is 10.4 Å². The van der Waals surface area contributed by atoms with E-state index in [1.807, 2.05) is 11.0 Å². The number of rotatable bonds is 5. The first-order valence-electron chi connectivity index (χ1n) is 8.55. The smallest absolute Gasteiger partial charge is 0.270 e. The highest BCUT2D eigenvalue weighted by molar-refractivity contribution is 6.10. The Kier molecular flexibility index (Phi) is 5.56. The summed E-state index contributed by atoms with van der Waals surface area (Å²) in [7, 11) is 3.16. The summed E-state index contributed by atoms with van der Waals surface area (Å²) in [6, 6.07) is 11.5. The monoisotopic (exact) mass is 371 g/mol. The van der Waals surface area contributed by atoms with Gasteiger partial charge in [0.1, 0.15) is 5.75 Å². The van der Waals surface area contributed by atoms with E-state index in [0.29, 0.717) is 43.4 Å². The van der Waals surface area contributed by atoms with Crippen LogP contribution in [0.2, 0.25) is 0 Å². The summed E-state index contributed by atoms with van der Waals surface area (Å²) in [5.41, 5.74) is 1.41. The third-order valence-electron chi connectivity index (χ3n) is 4.52. The lowest BCUT2D eigenvalue weighted by Gasteiger charge is -2.31. The van der Waals surface area contributed by atoms with Crippen molar-refractivity contribution in [3.05, 3.63) is 58.1 Å². The maximum absolute atomic E-state index is 13.2. The Morgan fingerprint density at radius 3 is 2.59 bits per heavy atom. The van der Waals surface area contributed by atoms with E-state index in [1.54, 1.807) is 31.3 Å². The standard InChI is InChI=1S/C19H21N3O5/c1-20(17-5-3-4-6-18(17)26-2)19(23)15-13-14(22(24)25)7-8-16(15)21-9-11-27-12-10-21/h3-8,13H,9-12H2,1-2H3. The van der Waals surface area contributed by atoms with Crippen molar-refractivity contribution in [3.63, 3.8) is 0 Å². The Morgan fingerprint density at radius 1 is 1.22 bits per heavy atom. The van der Waals surface area contributed by atoms with Gasteiger partial charge in [0.15, 0.2) is 0 Å². The van der Waals surface area contributed by atoms with Gasteiger partial charge in [-0.3, -0.25) is 14.9 Å². The molecule has 1 saturated heterocycles. The minimum Gasteiger partial charge on any atom is -0.495 e. The molecule has 1 heterocycles. The molecule has 27 heavy (non-hydrogen) atoms. The molecule has 0 unspecified atom stereocenters. The van der Waals surface area contributed by atoms with Crippen LogP contribution in [0.3, 0.4) is 0 Å². The van der Waals surface area contributed by atoms with Crippen LogP contribution >= 0.6 is 0 Å². The van der Waals surface area contributed by atoms with Crippen molar-refractivity contribution in [3.8, 4) is 5.75 Å². The van der Waals surface area contributed by atoms with Crippen molar-refractivity contribution >= 4 is 23.0 Å². The fraction of sp³-hybridized carbons (Fsp3) is 0.316. The number of ether oxygens (including phenoxy) is 2. The van der Waals surface area contributed by atoms with E-state index in [4.69, 9.17) is 9.47 Å². The summed E-state index contributed by atoms with van der Waals surface area (Å²) in [6.45, 7) is 2.34. The average molecular weight is 371 g/mol. The van der Waals surface area contributed by atoms with E-state index in [2.05, 4.69) is 0 Å². The normalized spacial score (nSPS) is 13.9. The van der Waals surface area contributed by atoms with Gasteiger partial charge in [0, 0.05) is 32.3 Å². The minimum atomic E-state index is -0.497. The maximum Gasteiger partial charge on any atom is 0.270 e. The first kappa shape index (κ1) is 18.7. The molecule has 2 aromatic carbocycles. The second kappa shape index (κ2) is 8.05. The average Bonchev–Trinajstić information content (AvgIpc) is 2.72. The van der Waals surface area contributed by atoms with Crippen molar-refractivity contribution in [1.29, 1.82) is 0 Å². The highest BCUT2D eigenvalue weighted by atomic mass is 16.6. The first-order chi connectivity index (χ1) is 13.0. The first-order valence-corrected chi connectivity index (χ1v) is 8.55. The van der Waals surface area contributed by atoms with Crippen molar-refractivity contribution in [2.24, 2.45) is 0 Å². The maximum atomic E-state index is 13.2. The second-order valence-electron chi connectivity index (χ2n) is 6.09. The summed E-state index contributed by atoms with van der Waals surface area (Å²) in [6.07, 6.45) is 0. The van der Waals surface area contributed by atoms with Gasteiger partial charge in [0.2, 0.25) is 0 Å². The topological polar surface area (TPSA) is 85.1 Å². The van der Waals surface area contributed by atoms with E-state index in [0.717, 1.165) is 0 Å². The second-order valence-corrected chi connectivity index (χ2v) is 6.09. The summed E-state index contributed by atoms with van der Waals surface area (Å²) in [4.78, 5) is 27.4. The molecule has 0 aliphatic carbocycles. The van der Waals surface area contributed by atoms with Gasteiger partial charge in [-0.05, 0) is 18.2 Å². The van der Waals surface area contributed by atoms with Gasteiger partial charge in [0.25, 0.3) is 11.6 Å². The number of anilines is 2. The molecule has 0 radical (unpaired) electrons. The molecular formula is C19H21N3O5. The Hall–Kier alpha value is -3.13. The number of nitro benzene ring substituents is 1. The highest BCUT2D eigenvalue weighted by Gasteiger charge is 2.25. The molecule has 8 heteroatoms. The molecule has 1 amide bonds. The fourth-order valence-corrected chi connectivity index (χ4v) is 3.09. The van der Waals surface area contributed by atoms with Gasteiger partial charge in [-0.15, -0.1) is 0 Å². The third-order valence-corrected chi connectivity index (χ3v) is 4.52. The van der Waals surface area contributed by atoms with Crippen LogP contribution in [0.15, 0.2) is 42.5 Å². The molecule has 0 atom stereocenters. The number of nitro groups is 1. The van der Waals surface area contributed by atoms with E-state index in [1.165, 1.54) is 24.1 Å². The quantitative estimate of drug-likeness (QED) is 0.593.